The molecule has 4 nitrogen and oxygen atoms in total. The van der Waals surface area contributed by atoms with Crippen molar-refractivity contribution in [2.24, 2.45) is 0 Å². The number of halogens is 4. The molecule has 1 heterocycles. The van der Waals surface area contributed by atoms with Gasteiger partial charge in [0.2, 0.25) is 0 Å². The third-order valence-electron chi connectivity index (χ3n) is 4.80. The molecule has 3 rings (SSSR count). The summed E-state index contributed by atoms with van der Waals surface area (Å²) in [5.41, 5.74) is -0.00477. The summed E-state index contributed by atoms with van der Waals surface area (Å²) in [6.45, 7) is 0.673. The topological polar surface area (TPSA) is 47.6 Å². The number of rotatable bonds is 6. The monoisotopic (exact) mass is 411 g/mol. The fourth-order valence-corrected chi connectivity index (χ4v) is 3.33. The van der Waals surface area contributed by atoms with E-state index < -0.39 is 23.7 Å². The maximum atomic E-state index is 14.2. The molecule has 156 valence electrons. The summed E-state index contributed by atoms with van der Waals surface area (Å²) in [6, 6.07) is 11.3. The van der Waals surface area contributed by atoms with Crippen molar-refractivity contribution in [3.8, 4) is 5.75 Å². The molecule has 2 aromatic carbocycles. The van der Waals surface area contributed by atoms with E-state index in [1.165, 1.54) is 6.07 Å². The van der Waals surface area contributed by atoms with Crippen LogP contribution >= 0.6 is 0 Å². The number of alkyl halides is 3. The van der Waals surface area contributed by atoms with E-state index >= 15 is 0 Å². The Labute approximate surface area is 165 Å². The molecule has 1 unspecified atom stereocenters. The number of amides is 1. The number of hydrogen-bond acceptors (Lipinski definition) is 3. The van der Waals surface area contributed by atoms with Gasteiger partial charge in [0.15, 0.2) is 11.6 Å². The zero-order valence-electron chi connectivity index (χ0n) is 15.6. The highest BCUT2D eigenvalue weighted by molar-refractivity contribution is 5.67. The number of nitrogens with one attached hydrogen (secondary N) is 1. The molecular formula is C21H21F4NO3. The van der Waals surface area contributed by atoms with Crippen LogP contribution < -0.4 is 10.1 Å². The van der Waals surface area contributed by atoms with Crippen LogP contribution in [0.3, 0.4) is 0 Å². The Hall–Kier alpha value is -2.77. The number of carbonyl (C=O) groups is 1. The molecule has 1 aliphatic rings. The van der Waals surface area contributed by atoms with Gasteiger partial charge >= 0.3 is 12.3 Å². The van der Waals surface area contributed by atoms with E-state index in [0.717, 1.165) is 11.6 Å². The van der Waals surface area contributed by atoms with Gasteiger partial charge in [0.1, 0.15) is 6.61 Å². The molecule has 0 bridgehead atoms. The van der Waals surface area contributed by atoms with Crippen LogP contribution in [0.1, 0.15) is 41.9 Å². The lowest BCUT2D eigenvalue weighted by atomic mass is 9.88. The van der Waals surface area contributed by atoms with Gasteiger partial charge in [-0.1, -0.05) is 36.4 Å². The molecule has 29 heavy (non-hydrogen) atoms. The number of fused-ring (bicyclic) bond motifs is 1. The summed E-state index contributed by atoms with van der Waals surface area (Å²) < 4.78 is 63.1. The summed E-state index contributed by atoms with van der Waals surface area (Å²) in [7, 11) is 0. The summed E-state index contributed by atoms with van der Waals surface area (Å²) >= 11 is 0. The summed E-state index contributed by atoms with van der Waals surface area (Å²) in [4.78, 5) is 11.7. The fourth-order valence-electron chi connectivity index (χ4n) is 3.33. The highest BCUT2D eigenvalue weighted by Crippen LogP contribution is 2.42. The number of hydrogen-bond donors (Lipinski definition) is 1. The first-order valence-corrected chi connectivity index (χ1v) is 9.33. The largest absolute Gasteiger partial charge is 0.490 e. The molecule has 1 amide bonds. The predicted octanol–water partition coefficient (Wildman–Crippen LogP) is 5.42. The Kier molecular flexibility index (Phi) is 6.61. The van der Waals surface area contributed by atoms with Gasteiger partial charge < -0.3 is 14.8 Å². The standard InChI is InChI=1S/C21H21F4NO3/c22-18-17(21(23,24)25)9-8-16-15(10-12-28-19(16)18)7-4-11-26-20(27)29-13-14-5-2-1-3-6-14/h1-3,5-6,8-9,15H,4,7,10-13H2,(H,26,27). The SMILES string of the molecule is O=C(NCCCC1CCOc2c1ccc(C(F)(F)F)c2F)OCc1ccccc1. The van der Waals surface area contributed by atoms with E-state index in [9.17, 15) is 22.4 Å². The Bertz CT molecular complexity index is 840. The van der Waals surface area contributed by atoms with Gasteiger partial charge in [0.25, 0.3) is 0 Å². The van der Waals surface area contributed by atoms with Gasteiger partial charge in [-0.05, 0) is 36.8 Å². The average molecular weight is 411 g/mol. The molecule has 1 aliphatic heterocycles. The molecule has 0 spiro atoms. The fraction of sp³-hybridized carbons (Fsp3) is 0.381. The van der Waals surface area contributed by atoms with Crippen molar-refractivity contribution in [2.45, 2.75) is 38.0 Å². The highest BCUT2D eigenvalue weighted by atomic mass is 19.4. The molecule has 0 saturated heterocycles. The third-order valence-corrected chi connectivity index (χ3v) is 4.80. The van der Waals surface area contributed by atoms with Gasteiger partial charge in [-0.3, -0.25) is 0 Å². The van der Waals surface area contributed by atoms with Crippen molar-refractivity contribution in [1.82, 2.24) is 5.32 Å². The van der Waals surface area contributed by atoms with Crippen LogP contribution in [0, 0.1) is 5.82 Å². The van der Waals surface area contributed by atoms with E-state index in [0.29, 0.717) is 31.4 Å². The Morgan fingerprint density at radius 1 is 1.17 bits per heavy atom. The van der Waals surface area contributed by atoms with Gasteiger partial charge in [-0.2, -0.15) is 13.2 Å². The maximum absolute atomic E-state index is 14.2. The zero-order chi connectivity index (χ0) is 20.9. The van der Waals surface area contributed by atoms with Crippen LogP contribution in [0.15, 0.2) is 42.5 Å². The van der Waals surface area contributed by atoms with Crippen LogP contribution in [0.5, 0.6) is 5.75 Å². The normalized spacial score (nSPS) is 15.9. The smallest absolute Gasteiger partial charge is 0.419 e. The van der Waals surface area contributed by atoms with Crippen molar-refractivity contribution in [3.05, 3.63) is 65.0 Å². The number of ether oxygens (including phenoxy) is 2. The van der Waals surface area contributed by atoms with Crippen LogP contribution in [-0.4, -0.2) is 19.2 Å². The molecular weight excluding hydrogens is 390 g/mol. The van der Waals surface area contributed by atoms with E-state index in [1.54, 1.807) is 0 Å². The Morgan fingerprint density at radius 2 is 1.93 bits per heavy atom. The van der Waals surface area contributed by atoms with Crippen LogP contribution in [0.25, 0.3) is 0 Å². The van der Waals surface area contributed by atoms with E-state index in [2.05, 4.69) is 5.32 Å². The molecule has 8 heteroatoms. The second kappa shape index (κ2) is 9.15. The van der Waals surface area contributed by atoms with Crippen molar-refractivity contribution in [2.75, 3.05) is 13.2 Å². The van der Waals surface area contributed by atoms with Gasteiger partial charge in [0.05, 0.1) is 12.2 Å². The minimum atomic E-state index is -4.76. The first kappa shape index (κ1) is 21.0. The lowest BCUT2D eigenvalue weighted by Gasteiger charge is -2.27. The second-order valence-electron chi connectivity index (χ2n) is 6.81. The van der Waals surface area contributed by atoms with Crippen molar-refractivity contribution < 1.29 is 31.8 Å². The van der Waals surface area contributed by atoms with Gasteiger partial charge in [0, 0.05) is 12.1 Å². The number of alkyl carbamates (subject to hydrolysis) is 1. The Balaban J connectivity index is 1.49. The summed E-state index contributed by atoms with van der Waals surface area (Å²) in [5, 5.41) is 2.64. The molecule has 0 aliphatic carbocycles. The molecule has 1 atom stereocenters. The van der Waals surface area contributed by atoms with E-state index in [4.69, 9.17) is 9.47 Å². The van der Waals surface area contributed by atoms with Crippen LogP contribution in [0.4, 0.5) is 22.4 Å². The highest BCUT2D eigenvalue weighted by Gasteiger charge is 2.37. The van der Waals surface area contributed by atoms with Crippen LogP contribution in [0.2, 0.25) is 0 Å². The average Bonchev–Trinajstić information content (AvgIpc) is 2.70. The second-order valence-corrected chi connectivity index (χ2v) is 6.81. The molecule has 0 saturated carbocycles. The van der Waals surface area contributed by atoms with Crippen LogP contribution in [-0.2, 0) is 17.5 Å². The Morgan fingerprint density at radius 3 is 2.66 bits per heavy atom. The first-order valence-electron chi connectivity index (χ1n) is 9.33. The molecule has 0 aromatic heterocycles. The quantitative estimate of drug-likeness (QED) is 0.510. The maximum Gasteiger partial charge on any atom is 0.419 e. The minimum Gasteiger partial charge on any atom is -0.490 e. The lowest BCUT2D eigenvalue weighted by Crippen LogP contribution is -2.26. The molecule has 1 N–H and O–H groups in total. The summed E-state index contributed by atoms with van der Waals surface area (Å²) in [6.07, 6.45) is -3.56. The lowest BCUT2D eigenvalue weighted by molar-refractivity contribution is -0.140. The molecule has 0 fully saturated rings. The third kappa shape index (κ3) is 5.40. The van der Waals surface area contributed by atoms with Crippen molar-refractivity contribution in [3.63, 3.8) is 0 Å². The summed E-state index contributed by atoms with van der Waals surface area (Å²) in [5.74, 6) is -1.80. The number of carbonyl (C=O) groups excluding carboxylic acids is 1. The zero-order valence-corrected chi connectivity index (χ0v) is 15.6. The predicted molar refractivity (Wildman–Crippen MR) is 98.1 cm³/mol. The van der Waals surface area contributed by atoms with E-state index in [1.807, 2.05) is 30.3 Å². The van der Waals surface area contributed by atoms with Crippen molar-refractivity contribution >= 4 is 6.09 Å². The minimum absolute atomic E-state index is 0.127. The molecule has 2 aromatic rings. The van der Waals surface area contributed by atoms with Crippen molar-refractivity contribution in [1.29, 1.82) is 0 Å². The van der Waals surface area contributed by atoms with E-state index in [-0.39, 0.29) is 24.9 Å². The van der Waals surface area contributed by atoms with Gasteiger partial charge in [-0.15, -0.1) is 0 Å². The number of benzene rings is 2. The first-order chi connectivity index (χ1) is 13.9. The van der Waals surface area contributed by atoms with Gasteiger partial charge in [-0.25, -0.2) is 9.18 Å². The molecule has 0 radical (unpaired) electrons.